The molecular weight excluding hydrogens is 322 g/mol. The van der Waals surface area contributed by atoms with Crippen LogP contribution >= 0.6 is 0 Å². The lowest BCUT2D eigenvalue weighted by Crippen LogP contribution is -2.37. The number of aromatic nitrogens is 1. The fraction of sp³-hybridized carbons (Fsp3) is 0.278. The largest absolute Gasteiger partial charge is 0.481 e. The van der Waals surface area contributed by atoms with Crippen molar-refractivity contribution in [3.05, 3.63) is 48.7 Å². The van der Waals surface area contributed by atoms with Gasteiger partial charge in [0.05, 0.1) is 5.41 Å². The second-order valence-electron chi connectivity index (χ2n) is 6.27. The molecule has 3 rings (SSSR count). The third-order valence-corrected chi connectivity index (χ3v) is 4.22. The third-order valence-electron chi connectivity index (χ3n) is 4.22. The van der Waals surface area contributed by atoms with E-state index in [1.807, 2.05) is 6.07 Å². The van der Waals surface area contributed by atoms with Gasteiger partial charge in [-0.25, -0.2) is 9.78 Å². The van der Waals surface area contributed by atoms with E-state index in [0.29, 0.717) is 30.3 Å². The van der Waals surface area contributed by atoms with Gasteiger partial charge in [0.25, 0.3) is 0 Å². The molecule has 2 N–H and O–H groups in total. The Morgan fingerprint density at radius 1 is 1.28 bits per heavy atom. The Balaban J connectivity index is 1.64. The average molecular weight is 341 g/mol. The van der Waals surface area contributed by atoms with Crippen LogP contribution in [0.2, 0.25) is 0 Å². The standard InChI is InChI=1S/C18H19N3O4/c1-18(16(22)23)8-10-21(12-18)17(24)20-13-5-4-6-14(11-13)25-15-7-2-3-9-19-15/h2-7,9,11H,8,10,12H2,1H3,(H,20,24)(H,22,23). The molecule has 1 aliphatic rings. The van der Waals surface area contributed by atoms with E-state index in [0.717, 1.165) is 0 Å². The number of nitrogens with one attached hydrogen (secondary N) is 1. The summed E-state index contributed by atoms with van der Waals surface area (Å²) in [4.78, 5) is 29.3. The van der Waals surface area contributed by atoms with Crippen molar-refractivity contribution in [2.75, 3.05) is 18.4 Å². The van der Waals surface area contributed by atoms with E-state index < -0.39 is 11.4 Å². The molecule has 2 amide bonds. The third kappa shape index (κ3) is 3.88. The van der Waals surface area contributed by atoms with Crippen LogP contribution in [-0.4, -0.2) is 40.1 Å². The maximum atomic E-state index is 12.4. The Labute approximate surface area is 145 Å². The number of carbonyl (C=O) groups is 2. The van der Waals surface area contributed by atoms with Crippen LogP contribution in [0.25, 0.3) is 0 Å². The number of carboxylic acid groups (broad SMARTS) is 1. The minimum absolute atomic E-state index is 0.193. The van der Waals surface area contributed by atoms with Crippen molar-refractivity contribution in [3.63, 3.8) is 0 Å². The summed E-state index contributed by atoms with van der Waals surface area (Å²) >= 11 is 0. The van der Waals surface area contributed by atoms with Crippen molar-refractivity contribution >= 4 is 17.7 Å². The molecule has 1 saturated heterocycles. The van der Waals surface area contributed by atoms with Crippen LogP contribution in [0.3, 0.4) is 0 Å². The smallest absolute Gasteiger partial charge is 0.321 e. The molecular formula is C18H19N3O4. The highest BCUT2D eigenvalue weighted by molar-refractivity contribution is 5.90. The molecule has 1 aromatic carbocycles. The number of hydrogen-bond acceptors (Lipinski definition) is 4. The number of anilines is 1. The number of ether oxygens (including phenoxy) is 1. The van der Waals surface area contributed by atoms with Crippen LogP contribution in [0.4, 0.5) is 10.5 Å². The molecule has 1 aliphatic heterocycles. The summed E-state index contributed by atoms with van der Waals surface area (Å²) in [6.07, 6.45) is 2.08. The molecule has 2 heterocycles. The number of pyridine rings is 1. The Hall–Kier alpha value is -3.09. The molecule has 1 fully saturated rings. The highest BCUT2D eigenvalue weighted by Gasteiger charge is 2.42. The van der Waals surface area contributed by atoms with E-state index in [1.165, 1.54) is 4.90 Å². The molecule has 0 aliphatic carbocycles. The molecule has 7 heteroatoms. The number of hydrogen-bond donors (Lipinski definition) is 2. The molecule has 0 spiro atoms. The Bertz CT molecular complexity index is 781. The lowest BCUT2D eigenvalue weighted by Gasteiger charge is -2.20. The topological polar surface area (TPSA) is 91.8 Å². The molecule has 0 bridgehead atoms. The first-order valence-corrected chi connectivity index (χ1v) is 7.95. The van der Waals surface area contributed by atoms with Gasteiger partial charge in [-0.05, 0) is 31.5 Å². The molecule has 1 aromatic heterocycles. The first-order chi connectivity index (χ1) is 12.0. The number of likely N-dealkylation sites (tertiary alicyclic amines) is 1. The molecule has 2 aromatic rings. The summed E-state index contributed by atoms with van der Waals surface area (Å²) in [5.74, 6) is 0.129. The SMILES string of the molecule is CC1(C(=O)O)CCN(C(=O)Nc2cccc(Oc3ccccn3)c2)C1. The molecule has 1 atom stereocenters. The summed E-state index contributed by atoms with van der Waals surface area (Å²) < 4.78 is 5.64. The second-order valence-corrected chi connectivity index (χ2v) is 6.27. The Kier molecular flexibility index (Phi) is 4.56. The maximum absolute atomic E-state index is 12.4. The predicted molar refractivity (Wildman–Crippen MR) is 91.7 cm³/mol. The zero-order valence-electron chi connectivity index (χ0n) is 13.8. The zero-order chi connectivity index (χ0) is 17.9. The second kappa shape index (κ2) is 6.80. The highest BCUT2D eigenvalue weighted by atomic mass is 16.5. The van der Waals surface area contributed by atoms with Gasteiger partial charge in [-0.1, -0.05) is 12.1 Å². The number of rotatable bonds is 4. The van der Waals surface area contributed by atoms with Crippen LogP contribution in [-0.2, 0) is 4.79 Å². The number of carbonyl (C=O) groups excluding carboxylic acids is 1. The normalized spacial score (nSPS) is 19.5. The van der Waals surface area contributed by atoms with E-state index in [4.69, 9.17) is 4.74 Å². The monoisotopic (exact) mass is 341 g/mol. The van der Waals surface area contributed by atoms with Crippen LogP contribution in [0.1, 0.15) is 13.3 Å². The van der Waals surface area contributed by atoms with E-state index in [9.17, 15) is 14.7 Å². The number of carboxylic acids is 1. The number of amides is 2. The van der Waals surface area contributed by atoms with Crippen LogP contribution in [0.15, 0.2) is 48.7 Å². The molecule has 0 radical (unpaired) electrons. The summed E-state index contributed by atoms with van der Waals surface area (Å²) in [5, 5.41) is 12.0. The first-order valence-electron chi connectivity index (χ1n) is 7.95. The molecule has 130 valence electrons. The molecule has 0 saturated carbocycles. The van der Waals surface area contributed by atoms with Crippen LogP contribution in [0.5, 0.6) is 11.6 Å². The zero-order valence-corrected chi connectivity index (χ0v) is 13.8. The van der Waals surface area contributed by atoms with Crippen molar-refractivity contribution in [3.8, 4) is 11.6 Å². The van der Waals surface area contributed by atoms with Crippen molar-refractivity contribution in [1.29, 1.82) is 0 Å². The van der Waals surface area contributed by atoms with Gasteiger partial charge >= 0.3 is 12.0 Å². The van der Waals surface area contributed by atoms with Gasteiger partial charge < -0.3 is 20.1 Å². The fourth-order valence-electron chi connectivity index (χ4n) is 2.68. The van der Waals surface area contributed by atoms with Gasteiger partial charge in [-0.2, -0.15) is 0 Å². The first kappa shape index (κ1) is 16.8. The number of nitrogens with zero attached hydrogens (tertiary/aromatic N) is 2. The summed E-state index contributed by atoms with van der Waals surface area (Å²) in [7, 11) is 0. The maximum Gasteiger partial charge on any atom is 0.321 e. The van der Waals surface area contributed by atoms with E-state index in [2.05, 4.69) is 10.3 Å². The van der Waals surface area contributed by atoms with Gasteiger partial charge in [-0.3, -0.25) is 4.79 Å². The van der Waals surface area contributed by atoms with Gasteiger partial charge in [0.15, 0.2) is 0 Å². The predicted octanol–water partition coefficient (Wildman–Crippen LogP) is 3.20. The lowest BCUT2D eigenvalue weighted by molar-refractivity contribution is -0.146. The quantitative estimate of drug-likeness (QED) is 0.891. The highest BCUT2D eigenvalue weighted by Crippen LogP contribution is 2.30. The lowest BCUT2D eigenvalue weighted by atomic mass is 9.90. The molecule has 25 heavy (non-hydrogen) atoms. The Morgan fingerprint density at radius 2 is 2.12 bits per heavy atom. The number of urea groups is 1. The van der Waals surface area contributed by atoms with Gasteiger partial charge in [-0.15, -0.1) is 0 Å². The van der Waals surface area contributed by atoms with Crippen molar-refractivity contribution < 1.29 is 19.4 Å². The van der Waals surface area contributed by atoms with Gasteiger partial charge in [0.1, 0.15) is 5.75 Å². The van der Waals surface area contributed by atoms with E-state index in [1.54, 1.807) is 49.5 Å². The Morgan fingerprint density at radius 3 is 2.80 bits per heavy atom. The number of aliphatic carboxylic acids is 1. The molecule has 1 unspecified atom stereocenters. The average Bonchev–Trinajstić information content (AvgIpc) is 3.00. The van der Waals surface area contributed by atoms with Crippen LogP contribution in [0, 0.1) is 5.41 Å². The van der Waals surface area contributed by atoms with Gasteiger partial charge in [0.2, 0.25) is 5.88 Å². The van der Waals surface area contributed by atoms with Crippen molar-refractivity contribution in [1.82, 2.24) is 9.88 Å². The summed E-state index contributed by atoms with van der Waals surface area (Å²) in [6.45, 7) is 2.26. The summed E-state index contributed by atoms with van der Waals surface area (Å²) in [5.41, 5.74) is -0.316. The number of benzene rings is 1. The molecule has 7 nitrogen and oxygen atoms in total. The summed E-state index contributed by atoms with van der Waals surface area (Å²) in [6, 6.07) is 12.0. The fourth-order valence-corrected chi connectivity index (χ4v) is 2.68. The van der Waals surface area contributed by atoms with Crippen molar-refractivity contribution in [2.24, 2.45) is 5.41 Å². The van der Waals surface area contributed by atoms with Gasteiger partial charge in [0, 0.05) is 37.1 Å². The minimum atomic E-state index is -0.888. The van der Waals surface area contributed by atoms with E-state index in [-0.39, 0.29) is 12.6 Å². The van der Waals surface area contributed by atoms with Crippen LogP contribution < -0.4 is 10.1 Å². The van der Waals surface area contributed by atoms with Crippen molar-refractivity contribution in [2.45, 2.75) is 13.3 Å². The van der Waals surface area contributed by atoms with E-state index >= 15 is 0 Å². The minimum Gasteiger partial charge on any atom is -0.481 e.